The average molecular weight is 482 g/mol. The van der Waals surface area contributed by atoms with Crippen molar-refractivity contribution < 1.29 is 28.6 Å². The third-order valence-corrected chi connectivity index (χ3v) is 4.76. The molecule has 34 heavy (non-hydrogen) atoms. The lowest BCUT2D eigenvalue weighted by Crippen LogP contribution is -2.32. The predicted octanol–water partition coefficient (Wildman–Crippen LogP) is 3.67. The number of carbonyl (C=O) groups is 3. The Morgan fingerprint density at radius 1 is 0.882 bits per heavy atom. The molecule has 0 unspecified atom stereocenters. The van der Waals surface area contributed by atoms with Crippen molar-refractivity contribution in [2.45, 2.75) is 0 Å². The molecule has 0 aliphatic rings. The summed E-state index contributed by atoms with van der Waals surface area (Å²) < 4.78 is 15.6. The van der Waals surface area contributed by atoms with Gasteiger partial charge in [0.05, 0.1) is 36.7 Å². The fourth-order valence-electron chi connectivity index (χ4n) is 2.71. The van der Waals surface area contributed by atoms with Crippen LogP contribution < -0.4 is 25.0 Å². The van der Waals surface area contributed by atoms with Crippen molar-refractivity contribution >= 4 is 41.3 Å². The van der Waals surface area contributed by atoms with Crippen LogP contribution in [0.25, 0.3) is 0 Å². The zero-order chi connectivity index (χ0) is 24.5. The number of rotatable bonds is 7. The van der Waals surface area contributed by atoms with Crippen LogP contribution in [0.3, 0.4) is 0 Å². The first-order valence-corrected chi connectivity index (χ1v) is 10.2. The Hall–Kier alpha value is -4.37. The van der Waals surface area contributed by atoms with E-state index in [1.807, 2.05) is 0 Å². The Kier molecular flexibility index (Phi) is 8.20. The van der Waals surface area contributed by atoms with Gasteiger partial charge in [-0.2, -0.15) is 5.10 Å². The minimum atomic E-state index is -0.973. The van der Waals surface area contributed by atoms with E-state index in [4.69, 9.17) is 25.8 Å². The fourth-order valence-corrected chi connectivity index (χ4v) is 2.92. The van der Waals surface area contributed by atoms with Gasteiger partial charge in [-0.05, 0) is 54.1 Å². The van der Waals surface area contributed by atoms with Crippen LogP contribution in [0.5, 0.6) is 17.2 Å². The van der Waals surface area contributed by atoms with Gasteiger partial charge in [-0.25, -0.2) is 10.2 Å². The number of esters is 1. The molecule has 0 atom stereocenters. The lowest BCUT2D eigenvalue weighted by molar-refractivity contribution is -0.136. The molecule has 3 aromatic rings. The summed E-state index contributed by atoms with van der Waals surface area (Å²) in [6, 6.07) is 17.6. The topological polar surface area (TPSA) is 115 Å². The monoisotopic (exact) mass is 481 g/mol. The Labute approximate surface area is 200 Å². The van der Waals surface area contributed by atoms with Gasteiger partial charge >= 0.3 is 17.8 Å². The number of halogens is 1. The van der Waals surface area contributed by atoms with Gasteiger partial charge in [-0.15, -0.1) is 0 Å². The van der Waals surface area contributed by atoms with Crippen molar-refractivity contribution in [3.8, 4) is 17.2 Å². The van der Waals surface area contributed by atoms with E-state index in [0.29, 0.717) is 33.5 Å². The molecule has 0 aliphatic heterocycles. The first-order chi connectivity index (χ1) is 16.4. The van der Waals surface area contributed by atoms with Gasteiger partial charge in [0.2, 0.25) is 0 Å². The van der Waals surface area contributed by atoms with Crippen molar-refractivity contribution in [3.63, 3.8) is 0 Å². The van der Waals surface area contributed by atoms with E-state index in [9.17, 15) is 14.4 Å². The molecule has 0 saturated carbocycles. The molecule has 3 aromatic carbocycles. The number of hydrogen-bond donors (Lipinski definition) is 2. The second kappa shape index (κ2) is 11.5. The minimum Gasteiger partial charge on any atom is -0.497 e. The quantitative estimate of drug-likeness (QED) is 0.175. The van der Waals surface area contributed by atoms with Crippen LogP contribution in [-0.2, 0) is 9.59 Å². The number of carbonyl (C=O) groups excluding carboxylic acids is 3. The molecule has 10 heteroatoms. The van der Waals surface area contributed by atoms with E-state index in [-0.39, 0.29) is 5.56 Å². The Balaban J connectivity index is 1.54. The van der Waals surface area contributed by atoms with Crippen LogP contribution in [0, 0.1) is 0 Å². The SMILES string of the molecule is COc1ccc(NC(=O)C(=O)NN=Cc2ccc(OC(=O)c3ccccc3Cl)cc2)c(OC)c1. The standard InChI is InChI=1S/C24H20ClN3O6/c1-32-17-11-12-20(21(13-17)33-2)27-22(29)23(30)28-26-14-15-7-9-16(10-8-15)34-24(31)18-5-3-4-6-19(18)25/h3-14H,1-2H3,(H,27,29)(H,28,30). The van der Waals surface area contributed by atoms with Gasteiger partial charge in [0.15, 0.2) is 0 Å². The van der Waals surface area contributed by atoms with Gasteiger partial charge in [0.1, 0.15) is 17.2 Å². The highest BCUT2D eigenvalue weighted by Gasteiger charge is 2.16. The van der Waals surface area contributed by atoms with Crippen molar-refractivity contribution in [2.24, 2.45) is 5.10 Å². The number of ether oxygens (including phenoxy) is 3. The largest absolute Gasteiger partial charge is 0.497 e. The summed E-state index contributed by atoms with van der Waals surface area (Å²) in [5, 5.41) is 6.50. The number of amides is 2. The van der Waals surface area contributed by atoms with Crippen LogP contribution in [0.1, 0.15) is 15.9 Å². The van der Waals surface area contributed by atoms with E-state index >= 15 is 0 Å². The normalized spacial score (nSPS) is 10.4. The number of nitrogens with one attached hydrogen (secondary N) is 2. The van der Waals surface area contributed by atoms with E-state index in [2.05, 4.69) is 15.8 Å². The van der Waals surface area contributed by atoms with Crippen LogP contribution in [0.4, 0.5) is 5.69 Å². The zero-order valence-electron chi connectivity index (χ0n) is 18.2. The third-order valence-electron chi connectivity index (χ3n) is 4.43. The second-order valence-electron chi connectivity index (χ2n) is 6.66. The number of benzene rings is 3. The molecule has 0 radical (unpaired) electrons. The predicted molar refractivity (Wildman–Crippen MR) is 127 cm³/mol. The number of hydrogen-bond acceptors (Lipinski definition) is 7. The molecule has 2 amide bonds. The van der Waals surface area contributed by atoms with Gasteiger partial charge in [-0.1, -0.05) is 23.7 Å². The van der Waals surface area contributed by atoms with Crippen molar-refractivity contribution in [2.75, 3.05) is 19.5 Å². The maximum atomic E-state index is 12.2. The molecule has 0 bridgehead atoms. The molecule has 0 aromatic heterocycles. The third kappa shape index (κ3) is 6.33. The summed E-state index contributed by atoms with van der Waals surface area (Å²) in [5.74, 6) is -1.31. The number of nitrogens with zero attached hydrogens (tertiary/aromatic N) is 1. The van der Waals surface area contributed by atoms with Crippen LogP contribution in [0.15, 0.2) is 71.8 Å². The first kappa shape index (κ1) is 24.3. The highest BCUT2D eigenvalue weighted by molar-refractivity contribution is 6.39. The number of hydrazone groups is 1. The molecular formula is C24H20ClN3O6. The first-order valence-electron chi connectivity index (χ1n) is 9.84. The van der Waals surface area contributed by atoms with Gasteiger partial charge in [0, 0.05) is 6.07 Å². The van der Waals surface area contributed by atoms with E-state index in [1.165, 1.54) is 20.4 Å². The number of anilines is 1. The fraction of sp³-hybridized carbons (Fsp3) is 0.0833. The molecule has 0 fully saturated rings. The van der Waals surface area contributed by atoms with Crippen LogP contribution in [-0.4, -0.2) is 38.2 Å². The van der Waals surface area contributed by atoms with Crippen LogP contribution in [0.2, 0.25) is 5.02 Å². The molecule has 0 saturated heterocycles. The van der Waals surface area contributed by atoms with Gasteiger partial charge in [0.25, 0.3) is 0 Å². The van der Waals surface area contributed by atoms with E-state index < -0.39 is 17.8 Å². The zero-order valence-corrected chi connectivity index (χ0v) is 19.0. The Bertz CT molecular complexity index is 1230. The summed E-state index contributed by atoms with van der Waals surface area (Å²) in [6.45, 7) is 0. The minimum absolute atomic E-state index is 0.253. The van der Waals surface area contributed by atoms with E-state index in [0.717, 1.165) is 0 Å². The lowest BCUT2D eigenvalue weighted by Gasteiger charge is -2.10. The Morgan fingerprint density at radius 3 is 2.26 bits per heavy atom. The van der Waals surface area contributed by atoms with Crippen molar-refractivity contribution in [1.29, 1.82) is 0 Å². The molecule has 0 aliphatic carbocycles. The molecule has 3 rings (SSSR count). The number of methoxy groups -OCH3 is 2. The molecule has 2 N–H and O–H groups in total. The second-order valence-corrected chi connectivity index (χ2v) is 7.07. The van der Waals surface area contributed by atoms with Gasteiger partial charge < -0.3 is 19.5 Å². The highest BCUT2D eigenvalue weighted by Crippen LogP contribution is 2.28. The summed E-state index contributed by atoms with van der Waals surface area (Å²) in [4.78, 5) is 36.4. The lowest BCUT2D eigenvalue weighted by atomic mass is 10.2. The summed E-state index contributed by atoms with van der Waals surface area (Å²) in [6.07, 6.45) is 1.33. The van der Waals surface area contributed by atoms with Crippen molar-refractivity contribution in [1.82, 2.24) is 5.43 Å². The molecule has 0 heterocycles. The molecule has 174 valence electrons. The summed E-state index contributed by atoms with van der Waals surface area (Å²) in [5.41, 5.74) is 3.28. The molecule has 9 nitrogen and oxygen atoms in total. The highest BCUT2D eigenvalue weighted by atomic mass is 35.5. The molecule has 0 spiro atoms. The summed E-state index contributed by atoms with van der Waals surface area (Å²) >= 11 is 6.00. The summed E-state index contributed by atoms with van der Waals surface area (Å²) in [7, 11) is 2.93. The van der Waals surface area contributed by atoms with E-state index in [1.54, 1.807) is 66.7 Å². The maximum absolute atomic E-state index is 12.2. The van der Waals surface area contributed by atoms with Crippen LogP contribution >= 0.6 is 11.6 Å². The Morgan fingerprint density at radius 2 is 1.59 bits per heavy atom. The van der Waals surface area contributed by atoms with Gasteiger partial charge in [-0.3, -0.25) is 9.59 Å². The molecular weight excluding hydrogens is 462 g/mol. The maximum Gasteiger partial charge on any atom is 0.345 e. The van der Waals surface area contributed by atoms with Crippen molar-refractivity contribution in [3.05, 3.63) is 82.9 Å². The smallest absolute Gasteiger partial charge is 0.345 e. The average Bonchev–Trinajstić information content (AvgIpc) is 2.85.